The first-order chi connectivity index (χ1) is 6.74. The average molecular weight is 214 g/mol. The molecule has 0 saturated heterocycles. The number of benzene rings is 1. The Morgan fingerprint density at radius 1 is 1.43 bits per heavy atom. The summed E-state index contributed by atoms with van der Waals surface area (Å²) >= 11 is 5.92. The van der Waals surface area contributed by atoms with Crippen molar-refractivity contribution in [2.75, 3.05) is 6.61 Å². The second-order valence-electron chi connectivity index (χ2n) is 3.29. The van der Waals surface area contributed by atoms with Crippen LogP contribution in [0.15, 0.2) is 24.3 Å². The fourth-order valence-corrected chi connectivity index (χ4v) is 1.40. The van der Waals surface area contributed by atoms with Gasteiger partial charge in [0, 0.05) is 6.04 Å². The number of para-hydroxylation sites is 1. The highest BCUT2D eigenvalue weighted by atomic mass is 35.5. The lowest BCUT2D eigenvalue weighted by atomic mass is 10.2. The zero-order chi connectivity index (χ0) is 10.4. The third-order valence-corrected chi connectivity index (χ3v) is 2.26. The standard InChI is InChI=1S/C11H16ClNO/c1-2-5-9(13)8-14-11-7-4-3-6-10(11)12/h3-4,6-7,9H,2,5,8,13H2,1H3. The molecule has 1 rings (SSSR count). The number of hydrogen-bond donors (Lipinski definition) is 1. The third-order valence-electron chi connectivity index (χ3n) is 1.95. The van der Waals surface area contributed by atoms with Gasteiger partial charge in [-0.3, -0.25) is 0 Å². The Morgan fingerprint density at radius 3 is 2.79 bits per heavy atom. The molecule has 3 heteroatoms. The SMILES string of the molecule is CCCC(N)COc1ccccc1Cl. The quantitative estimate of drug-likeness (QED) is 0.817. The van der Waals surface area contributed by atoms with E-state index in [4.69, 9.17) is 22.1 Å². The molecule has 0 aliphatic rings. The van der Waals surface area contributed by atoms with Crippen LogP contribution in [0.25, 0.3) is 0 Å². The Hall–Kier alpha value is -0.730. The fourth-order valence-electron chi connectivity index (χ4n) is 1.21. The largest absolute Gasteiger partial charge is 0.490 e. The van der Waals surface area contributed by atoms with E-state index < -0.39 is 0 Å². The van der Waals surface area contributed by atoms with Gasteiger partial charge in [-0.1, -0.05) is 37.1 Å². The Labute approximate surface area is 90.0 Å². The van der Waals surface area contributed by atoms with Crippen molar-refractivity contribution in [3.8, 4) is 5.75 Å². The molecule has 0 saturated carbocycles. The monoisotopic (exact) mass is 213 g/mol. The van der Waals surface area contributed by atoms with Crippen molar-refractivity contribution in [3.05, 3.63) is 29.3 Å². The number of hydrogen-bond acceptors (Lipinski definition) is 2. The zero-order valence-corrected chi connectivity index (χ0v) is 9.13. The summed E-state index contributed by atoms with van der Waals surface area (Å²) in [6.07, 6.45) is 2.05. The molecule has 0 spiro atoms. The van der Waals surface area contributed by atoms with E-state index in [-0.39, 0.29) is 6.04 Å². The molecule has 0 bridgehead atoms. The summed E-state index contributed by atoms with van der Waals surface area (Å²) in [5.74, 6) is 0.709. The van der Waals surface area contributed by atoms with Crippen molar-refractivity contribution < 1.29 is 4.74 Å². The lowest BCUT2D eigenvalue weighted by Crippen LogP contribution is -2.27. The highest BCUT2D eigenvalue weighted by molar-refractivity contribution is 6.32. The fraction of sp³-hybridized carbons (Fsp3) is 0.455. The summed E-state index contributed by atoms with van der Waals surface area (Å²) in [6.45, 7) is 2.63. The van der Waals surface area contributed by atoms with Crippen LogP contribution in [-0.4, -0.2) is 12.6 Å². The highest BCUT2D eigenvalue weighted by Gasteiger charge is 2.04. The van der Waals surface area contributed by atoms with Gasteiger partial charge in [0.05, 0.1) is 5.02 Å². The van der Waals surface area contributed by atoms with E-state index in [1.54, 1.807) is 0 Å². The van der Waals surface area contributed by atoms with Crippen LogP contribution < -0.4 is 10.5 Å². The Balaban J connectivity index is 2.41. The van der Waals surface area contributed by atoms with E-state index >= 15 is 0 Å². The van der Waals surface area contributed by atoms with Crippen molar-refractivity contribution in [1.82, 2.24) is 0 Å². The predicted octanol–water partition coefficient (Wildman–Crippen LogP) is 2.85. The molecule has 1 aromatic rings. The van der Waals surface area contributed by atoms with Gasteiger partial charge in [0.2, 0.25) is 0 Å². The van der Waals surface area contributed by atoms with Gasteiger partial charge in [-0.05, 0) is 18.6 Å². The first kappa shape index (κ1) is 11.3. The molecule has 0 fully saturated rings. The first-order valence-corrected chi connectivity index (χ1v) is 5.24. The van der Waals surface area contributed by atoms with Crippen LogP contribution in [0.5, 0.6) is 5.75 Å². The molecule has 2 nitrogen and oxygen atoms in total. The zero-order valence-electron chi connectivity index (χ0n) is 8.37. The molecule has 0 amide bonds. The van der Waals surface area contributed by atoms with E-state index in [1.165, 1.54) is 0 Å². The predicted molar refractivity (Wildman–Crippen MR) is 59.8 cm³/mol. The maximum absolute atomic E-state index is 5.92. The van der Waals surface area contributed by atoms with E-state index in [0.29, 0.717) is 17.4 Å². The minimum Gasteiger partial charge on any atom is -0.490 e. The van der Waals surface area contributed by atoms with Crippen LogP contribution in [0.1, 0.15) is 19.8 Å². The number of halogens is 1. The van der Waals surface area contributed by atoms with Gasteiger partial charge in [-0.2, -0.15) is 0 Å². The van der Waals surface area contributed by atoms with Crippen molar-refractivity contribution >= 4 is 11.6 Å². The van der Waals surface area contributed by atoms with Crippen molar-refractivity contribution in [2.24, 2.45) is 5.73 Å². The molecule has 0 aromatic heterocycles. The summed E-state index contributed by atoms with van der Waals surface area (Å²) in [7, 11) is 0. The van der Waals surface area contributed by atoms with Gasteiger partial charge in [-0.15, -0.1) is 0 Å². The van der Waals surface area contributed by atoms with Gasteiger partial charge in [0.1, 0.15) is 12.4 Å². The molecule has 0 aliphatic heterocycles. The Morgan fingerprint density at radius 2 is 2.14 bits per heavy atom. The average Bonchev–Trinajstić information content (AvgIpc) is 2.17. The Bertz CT molecular complexity index is 278. The summed E-state index contributed by atoms with van der Waals surface area (Å²) in [5, 5.41) is 0.635. The lowest BCUT2D eigenvalue weighted by molar-refractivity contribution is 0.281. The normalized spacial score (nSPS) is 12.5. The van der Waals surface area contributed by atoms with E-state index in [0.717, 1.165) is 12.8 Å². The van der Waals surface area contributed by atoms with Crippen LogP contribution >= 0.6 is 11.6 Å². The third kappa shape index (κ3) is 3.56. The first-order valence-electron chi connectivity index (χ1n) is 4.87. The summed E-state index contributed by atoms with van der Waals surface area (Å²) in [5.41, 5.74) is 5.81. The molecule has 0 aliphatic carbocycles. The number of ether oxygens (including phenoxy) is 1. The second-order valence-corrected chi connectivity index (χ2v) is 3.70. The molecule has 0 radical (unpaired) electrons. The molecular formula is C11H16ClNO. The van der Waals surface area contributed by atoms with Gasteiger partial charge < -0.3 is 10.5 Å². The molecule has 1 unspecified atom stereocenters. The van der Waals surface area contributed by atoms with Crippen LogP contribution in [0.4, 0.5) is 0 Å². The molecular weight excluding hydrogens is 198 g/mol. The Kier molecular flexibility index (Phi) is 4.77. The minimum atomic E-state index is 0.0938. The maximum Gasteiger partial charge on any atom is 0.137 e. The topological polar surface area (TPSA) is 35.2 Å². The van der Waals surface area contributed by atoms with Gasteiger partial charge in [0.15, 0.2) is 0 Å². The highest BCUT2D eigenvalue weighted by Crippen LogP contribution is 2.23. The van der Waals surface area contributed by atoms with E-state index in [9.17, 15) is 0 Å². The summed E-state index contributed by atoms with van der Waals surface area (Å²) < 4.78 is 5.49. The van der Waals surface area contributed by atoms with Crippen molar-refractivity contribution in [2.45, 2.75) is 25.8 Å². The number of nitrogens with two attached hydrogens (primary N) is 1. The molecule has 14 heavy (non-hydrogen) atoms. The van der Waals surface area contributed by atoms with E-state index in [2.05, 4.69) is 6.92 Å². The molecule has 78 valence electrons. The molecule has 2 N–H and O–H groups in total. The number of rotatable bonds is 5. The van der Waals surface area contributed by atoms with E-state index in [1.807, 2.05) is 24.3 Å². The summed E-state index contributed by atoms with van der Waals surface area (Å²) in [6, 6.07) is 7.52. The van der Waals surface area contributed by atoms with Crippen molar-refractivity contribution in [1.29, 1.82) is 0 Å². The van der Waals surface area contributed by atoms with Crippen LogP contribution in [0.3, 0.4) is 0 Å². The van der Waals surface area contributed by atoms with Crippen LogP contribution in [0.2, 0.25) is 5.02 Å². The molecule has 1 atom stereocenters. The minimum absolute atomic E-state index is 0.0938. The van der Waals surface area contributed by atoms with Gasteiger partial charge in [-0.25, -0.2) is 0 Å². The van der Waals surface area contributed by atoms with Crippen molar-refractivity contribution in [3.63, 3.8) is 0 Å². The molecule has 1 aromatic carbocycles. The lowest BCUT2D eigenvalue weighted by Gasteiger charge is -2.12. The molecule has 0 heterocycles. The van der Waals surface area contributed by atoms with Gasteiger partial charge >= 0.3 is 0 Å². The smallest absolute Gasteiger partial charge is 0.137 e. The van der Waals surface area contributed by atoms with Crippen LogP contribution in [0, 0.1) is 0 Å². The van der Waals surface area contributed by atoms with Gasteiger partial charge in [0.25, 0.3) is 0 Å². The maximum atomic E-state index is 5.92. The summed E-state index contributed by atoms with van der Waals surface area (Å²) in [4.78, 5) is 0. The second kappa shape index (κ2) is 5.89. The van der Waals surface area contributed by atoms with Crippen LogP contribution in [-0.2, 0) is 0 Å².